The quantitative estimate of drug-likeness (QED) is 0.765. The van der Waals surface area contributed by atoms with Crippen LogP contribution in [-0.2, 0) is 4.79 Å². The summed E-state index contributed by atoms with van der Waals surface area (Å²) >= 11 is 0. The minimum absolute atomic E-state index is 0.274. The van der Waals surface area contributed by atoms with Gasteiger partial charge in [-0.1, -0.05) is 12.8 Å². The smallest absolute Gasteiger partial charge is 0.149 e. The molecule has 3 nitrogen and oxygen atoms in total. The first-order chi connectivity index (χ1) is 9.34. The molecular weight excluding hydrogens is 236 g/mol. The average Bonchev–Trinajstić information content (AvgIpc) is 2.49. The minimum atomic E-state index is 0.274. The summed E-state index contributed by atoms with van der Waals surface area (Å²) in [5.74, 6) is 0.516. The highest BCUT2D eigenvalue weighted by Gasteiger charge is 2.32. The summed E-state index contributed by atoms with van der Waals surface area (Å²) in [4.78, 5) is 17.2. The molecule has 0 spiro atoms. The van der Waals surface area contributed by atoms with Crippen molar-refractivity contribution in [3.8, 4) is 0 Å². The van der Waals surface area contributed by atoms with E-state index >= 15 is 0 Å². The predicted octanol–water partition coefficient (Wildman–Crippen LogP) is 2.45. The minimum Gasteiger partial charge on any atom is -0.300 e. The fourth-order valence-electron chi connectivity index (χ4n) is 4.20. The van der Waals surface area contributed by atoms with Gasteiger partial charge in [0.15, 0.2) is 0 Å². The molecule has 2 heterocycles. The van der Waals surface area contributed by atoms with E-state index in [-0.39, 0.29) is 6.04 Å². The molecule has 0 radical (unpaired) electrons. The van der Waals surface area contributed by atoms with Crippen LogP contribution in [0.25, 0.3) is 0 Å². The molecule has 0 amide bonds. The molecule has 1 aliphatic carbocycles. The van der Waals surface area contributed by atoms with Gasteiger partial charge in [-0.15, -0.1) is 0 Å². The van der Waals surface area contributed by atoms with E-state index in [1.165, 1.54) is 51.6 Å². The van der Waals surface area contributed by atoms with Gasteiger partial charge in [-0.3, -0.25) is 9.69 Å². The van der Waals surface area contributed by atoms with Gasteiger partial charge in [-0.2, -0.15) is 0 Å². The Morgan fingerprint density at radius 2 is 1.47 bits per heavy atom. The molecule has 1 unspecified atom stereocenters. The molecule has 3 fully saturated rings. The topological polar surface area (TPSA) is 23.6 Å². The van der Waals surface area contributed by atoms with Crippen LogP contribution in [0.5, 0.6) is 0 Å². The molecule has 19 heavy (non-hydrogen) atoms. The fourth-order valence-corrected chi connectivity index (χ4v) is 4.20. The van der Waals surface area contributed by atoms with Gasteiger partial charge in [0.2, 0.25) is 0 Å². The molecule has 1 atom stereocenters. The summed E-state index contributed by atoms with van der Waals surface area (Å²) in [6.45, 7) is 4.93. The molecule has 1 saturated carbocycles. The van der Waals surface area contributed by atoms with E-state index in [0.717, 1.165) is 38.4 Å². The SMILES string of the molecule is O=C1CCCCC1N1CCC(N2CCCCC2)CC1. The molecule has 3 aliphatic rings. The molecule has 3 rings (SSSR count). The molecule has 0 aromatic carbocycles. The van der Waals surface area contributed by atoms with Crippen LogP contribution in [0.2, 0.25) is 0 Å². The maximum atomic E-state index is 12.0. The van der Waals surface area contributed by atoms with Crippen LogP contribution in [0, 0.1) is 0 Å². The number of carbonyl (C=O) groups excluding carboxylic acids is 1. The average molecular weight is 264 g/mol. The Hall–Kier alpha value is -0.410. The van der Waals surface area contributed by atoms with Crippen LogP contribution < -0.4 is 0 Å². The fraction of sp³-hybridized carbons (Fsp3) is 0.938. The van der Waals surface area contributed by atoms with Crippen molar-refractivity contribution in [3.05, 3.63) is 0 Å². The first-order valence-electron chi connectivity index (χ1n) is 8.35. The van der Waals surface area contributed by atoms with Gasteiger partial charge >= 0.3 is 0 Å². The summed E-state index contributed by atoms with van der Waals surface area (Å²) in [5.41, 5.74) is 0. The largest absolute Gasteiger partial charge is 0.300 e. The third-order valence-corrected chi connectivity index (χ3v) is 5.37. The molecule has 0 bridgehead atoms. The number of ketones is 1. The molecule has 108 valence electrons. The van der Waals surface area contributed by atoms with Gasteiger partial charge in [0.1, 0.15) is 5.78 Å². The van der Waals surface area contributed by atoms with Gasteiger partial charge in [0.25, 0.3) is 0 Å². The Morgan fingerprint density at radius 3 is 2.16 bits per heavy atom. The predicted molar refractivity (Wildman–Crippen MR) is 77.3 cm³/mol. The van der Waals surface area contributed by atoms with Crippen molar-refractivity contribution in [1.82, 2.24) is 9.80 Å². The van der Waals surface area contributed by atoms with E-state index in [1.807, 2.05) is 0 Å². The van der Waals surface area contributed by atoms with E-state index in [4.69, 9.17) is 0 Å². The van der Waals surface area contributed by atoms with Crippen LogP contribution in [0.3, 0.4) is 0 Å². The third kappa shape index (κ3) is 3.19. The standard InChI is InChI=1S/C16H28N2O/c19-16-7-3-2-6-15(16)18-12-8-14(9-13-18)17-10-4-1-5-11-17/h14-15H,1-13H2. The summed E-state index contributed by atoms with van der Waals surface area (Å²) in [6, 6.07) is 1.08. The number of Topliss-reactive ketones (excluding diaryl/α,β-unsaturated/α-hetero) is 1. The molecule has 2 aliphatic heterocycles. The van der Waals surface area contributed by atoms with Crippen molar-refractivity contribution < 1.29 is 4.79 Å². The number of nitrogens with zero attached hydrogens (tertiary/aromatic N) is 2. The summed E-state index contributed by atoms with van der Waals surface area (Å²) in [7, 11) is 0. The first kappa shape index (κ1) is 13.6. The Balaban J connectivity index is 1.49. The zero-order valence-electron chi connectivity index (χ0n) is 12.1. The Kier molecular flexibility index (Phi) is 4.54. The Morgan fingerprint density at radius 1 is 0.737 bits per heavy atom. The molecular formula is C16H28N2O. The number of hydrogen-bond acceptors (Lipinski definition) is 3. The monoisotopic (exact) mass is 264 g/mol. The van der Waals surface area contributed by atoms with Crippen LogP contribution in [-0.4, -0.2) is 53.8 Å². The van der Waals surface area contributed by atoms with Crippen molar-refractivity contribution in [1.29, 1.82) is 0 Å². The second kappa shape index (κ2) is 6.36. The van der Waals surface area contributed by atoms with Crippen LogP contribution in [0.4, 0.5) is 0 Å². The second-order valence-electron chi connectivity index (χ2n) is 6.59. The second-order valence-corrected chi connectivity index (χ2v) is 6.59. The van der Waals surface area contributed by atoms with Crippen molar-refractivity contribution in [2.75, 3.05) is 26.2 Å². The zero-order valence-corrected chi connectivity index (χ0v) is 12.1. The Labute approximate surface area is 117 Å². The van der Waals surface area contributed by atoms with E-state index in [2.05, 4.69) is 9.80 Å². The van der Waals surface area contributed by atoms with Crippen molar-refractivity contribution in [2.24, 2.45) is 0 Å². The number of carbonyl (C=O) groups is 1. The van der Waals surface area contributed by atoms with Gasteiger partial charge in [-0.05, 0) is 51.6 Å². The molecule has 0 aromatic rings. The zero-order chi connectivity index (χ0) is 13.1. The molecule has 0 aromatic heterocycles. The highest BCUT2D eigenvalue weighted by atomic mass is 16.1. The number of rotatable bonds is 2. The lowest BCUT2D eigenvalue weighted by molar-refractivity contribution is -0.127. The molecule has 0 N–H and O–H groups in total. The van der Waals surface area contributed by atoms with Crippen molar-refractivity contribution in [2.45, 2.75) is 69.9 Å². The number of likely N-dealkylation sites (tertiary alicyclic amines) is 2. The van der Waals surface area contributed by atoms with Gasteiger partial charge < -0.3 is 4.90 Å². The maximum absolute atomic E-state index is 12.0. The van der Waals surface area contributed by atoms with Crippen molar-refractivity contribution in [3.63, 3.8) is 0 Å². The lowest BCUT2D eigenvalue weighted by atomic mass is 9.90. The maximum Gasteiger partial charge on any atom is 0.149 e. The van der Waals surface area contributed by atoms with E-state index < -0.39 is 0 Å². The highest BCUT2D eigenvalue weighted by molar-refractivity contribution is 5.84. The van der Waals surface area contributed by atoms with Crippen LogP contribution in [0.1, 0.15) is 57.8 Å². The number of piperidine rings is 2. The van der Waals surface area contributed by atoms with Gasteiger partial charge in [0, 0.05) is 25.6 Å². The first-order valence-corrected chi connectivity index (χ1v) is 8.35. The van der Waals surface area contributed by atoms with Crippen LogP contribution >= 0.6 is 0 Å². The molecule has 3 heteroatoms. The van der Waals surface area contributed by atoms with Gasteiger partial charge in [-0.25, -0.2) is 0 Å². The number of hydrogen-bond donors (Lipinski definition) is 0. The summed E-state index contributed by atoms with van der Waals surface area (Å²) in [5, 5.41) is 0. The summed E-state index contributed by atoms with van der Waals surface area (Å²) < 4.78 is 0. The normalized spacial score (nSPS) is 32.6. The van der Waals surface area contributed by atoms with E-state index in [1.54, 1.807) is 0 Å². The summed E-state index contributed by atoms with van der Waals surface area (Å²) in [6.07, 6.45) is 11.1. The van der Waals surface area contributed by atoms with Crippen LogP contribution in [0.15, 0.2) is 0 Å². The van der Waals surface area contributed by atoms with Crippen molar-refractivity contribution >= 4 is 5.78 Å². The van der Waals surface area contributed by atoms with E-state index in [0.29, 0.717) is 5.78 Å². The van der Waals surface area contributed by atoms with E-state index in [9.17, 15) is 4.79 Å². The highest BCUT2D eigenvalue weighted by Crippen LogP contribution is 2.26. The van der Waals surface area contributed by atoms with Gasteiger partial charge in [0.05, 0.1) is 6.04 Å². The Bertz CT molecular complexity index is 304. The molecule has 2 saturated heterocycles. The lowest BCUT2D eigenvalue weighted by Gasteiger charge is -2.43. The third-order valence-electron chi connectivity index (χ3n) is 5.37. The lowest BCUT2D eigenvalue weighted by Crippen LogP contribution is -2.51.